The zero-order valence-corrected chi connectivity index (χ0v) is 12.9. The van der Waals surface area contributed by atoms with Crippen molar-refractivity contribution in [1.82, 2.24) is 10.2 Å². The molecular weight excluding hydrogens is 272 g/mol. The van der Waals surface area contributed by atoms with Crippen molar-refractivity contribution in [3.63, 3.8) is 0 Å². The molecule has 1 N–H and O–H groups in total. The Labute approximate surface area is 124 Å². The van der Waals surface area contributed by atoms with Crippen molar-refractivity contribution >= 4 is 17.8 Å². The molecule has 1 aromatic rings. The van der Waals surface area contributed by atoms with E-state index in [9.17, 15) is 4.79 Å². The summed E-state index contributed by atoms with van der Waals surface area (Å²) in [5.74, 6) is 0.878. The molecule has 1 heterocycles. The fourth-order valence-electron chi connectivity index (χ4n) is 2.15. The first kappa shape index (κ1) is 15.2. The van der Waals surface area contributed by atoms with Gasteiger partial charge in [0.1, 0.15) is 0 Å². The van der Waals surface area contributed by atoms with Gasteiger partial charge >= 0.3 is 6.03 Å². The molecule has 0 bridgehead atoms. The molecule has 1 aliphatic rings. The maximum Gasteiger partial charge on any atom is 0.317 e. The van der Waals surface area contributed by atoms with Crippen molar-refractivity contribution < 1.29 is 9.53 Å². The van der Waals surface area contributed by atoms with Gasteiger partial charge in [-0.25, -0.2) is 4.79 Å². The highest BCUT2D eigenvalue weighted by Crippen LogP contribution is 2.17. The second-order valence-electron chi connectivity index (χ2n) is 5.42. The normalized spacial score (nSPS) is 17.8. The van der Waals surface area contributed by atoms with Gasteiger partial charge in [0.25, 0.3) is 0 Å². The number of benzene rings is 1. The smallest absolute Gasteiger partial charge is 0.317 e. The van der Waals surface area contributed by atoms with Crippen LogP contribution in [0, 0.1) is 0 Å². The van der Waals surface area contributed by atoms with Gasteiger partial charge in [0.2, 0.25) is 0 Å². The number of ether oxygens (including phenoxy) is 1. The Kier molecular flexibility index (Phi) is 5.31. The highest BCUT2D eigenvalue weighted by molar-refractivity contribution is 7.99. The third kappa shape index (κ3) is 4.72. The van der Waals surface area contributed by atoms with Crippen molar-refractivity contribution in [2.45, 2.75) is 24.3 Å². The molecule has 1 fully saturated rings. The van der Waals surface area contributed by atoms with Crippen LogP contribution >= 0.6 is 11.8 Å². The SMILES string of the molecule is CC1(C)CN(C(=O)NCCSc2ccccc2)CCO1. The summed E-state index contributed by atoms with van der Waals surface area (Å²) in [6.07, 6.45) is 0. The van der Waals surface area contributed by atoms with Gasteiger partial charge in [0.15, 0.2) is 0 Å². The number of thioether (sulfide) groups is 1. The number of urea groups is 1. The number of nitrogens with one attached hydrogen (secondary N) is 1. The average Bonchev–Trinajstić information content (AvgIpc) is 2.43. The van der Waals surface area contributed by atoms with Crippen LogP contribution in [0.1, 0.15) is 13.8 Å². The van der Waals surface area contributed by atoms with E-state index in [1.807, 2.05) is 36.9 Å². The minimum absolute atomic E-state index is 0.00929. The third-order valence-corrected chi connectivity index (χ3v) is 4.12. The lowest BCUT2D eigenvalue weighted by molar-refractivity contribution is -0.0732. The Bertz CT molecular complexity index is 437. The number of hydrogen-bond donors (Lipinski definition) is 1. The van der Waals surface area contributed by atoms with E-state index >= 15 is 0 Å². The molecule has 1 saturated heterocycles. The van der Waals surface area contributed by atoms with E-state index in [1.54, 1.807) is 11.8 Å². The van der Waals surface area contributed by atoms with Crippen LogP contribution in [0.25, 0.3) is 0 Å². The van der Waals surface area contributed by atoms with E-state index in [0.717, 1.165) is 5.75 Å². The Morgan fingerprint density at radius 1 is 1.40 bits per heavy atom. The molecular formula is C15H22N2O2S. The summed E-state index contributed by atoms with van der Waals surface area (Å²) in [6.45, 7) is 6.62. The third-order valence-electron chi connectivity index (χ3n) is 3.10. The first-order valence-electron chi connectivity index (χ1n) is 6.91. The quantitative estimate of drug-likeness (QED) is 0.685. The van der Waals surface area contributed by atoms with Gasteiger partial charge in [-0.3, -0.25) is 0 Å². The van der Waals surface area contributed by atoms with E-state index in [2.05, 4.69) is 17.4 Å². The maximum atomic E-state index is 12.0. The monoisotopic (exact) mass is 294 g/mol. The van der Waals surface area contributed by atoms with Crippen LogP contribution in [-0.2, 0) is 4.74 Å². The number of nitrogens with zero attached hydrogens (tertiary/aromatic N) is 1. The molecule has 1 aromatic carbocycles. The summed E-state index contributed by atoms with van der Waals surface area (Å²) in [7, 11) is 0. The van der Waals surface area contributed by atoms with Crippen molar-refractivity contribution in [2.24, 2.45) is 0 Å². The molecule has 20 heavy (non-hydrogen) atoms. The minimum Gasteiger partial charge on any atom is -0.372 e. The number of carbonyl (C=O) groups is 1. The maximum absolute atomic E-state index is 12.0. The van der Waals surface area contributed by atoms with Gasteiger partial charge in [-0.2, -0.15) is 0 Å². The molecule has 2 rings (SSSR count). The molecule has 0 radical (unpaired) electrons. The zero-order valence-electron chi connectivity index (χ0n) is 12.1. The van der Waals surface area contributed by atoms with Crippen molar-refractivity contribution in [3.8, 4) is 0 Å². The number of hydrogen-bond acceptors (Lipinski definition) is 3. The average molecular weight is 294 g/mol. The molecule has 2 amide bonds. The summed E-state index contributed by atoms with van der Waals surface area (Å²) in [6, 6.07) is 10.2. The van der Waals surface area contributed by atoms with Gasteiger partial charge in [0.05, 0.1) is 18.8 Å². The molecule has 0 aliphatic carbocycles. The van der Waals surface area contributed by atoms with Crippen molar-refractivity contribution in [2.75, 3.05) is 32.0 Å². The predicted octanol–water partition coefficient (Wildman–Crippen LogP) is 2.60. The highest BCUT2D eigenvalue weighted by atomic mass is 32.2. The predicted molar refractivity (Wildman–Crippen MR) is 82.2 cm³/mol. The van der Waals surface area contributed by atoms with Crippen LogP contribution in [-0.4, -0.2) is 48.5 Å². The van der Waals surface area contributed by atoms with Gasteiger partial charge < -0.3 is 15.0 Å². The number of morpholine rings is 1. The van der Waals surface area contributed by atoms with Crippen LogP contribution in [0.4, 0.5) is 4.79 Å². The van der Waals surface area contributed by atoms with E-state index in [4.69, 9.17) is 4.74 Å². The number of rotatable bonds is 4. The van der Waals surface area contributed by atoms with Gasteiger partial charge in [-0.05, 0) is 26.0 Å². The summed E-state index contributed by atoms with van der Waals surface area (Å²) in [4.78, 5) is 15.1. The Balaban J connectivity index is 1.67. The fraction of sp³-hybridized carbons (Fsp3) is 0.533. The number of amides is 2. The van der Waals surface area contributed by atoms with Crippen LogP contribution < -0.4 is 5.32 Å². The largest absolute Gasteiger partial charge is 0.372 e. The molecule has 5 heteroatoms. The second-order valence-corrected chi connectivity index (χ2v) is 6.59. The molecule has 1 aliphatic heterocycles. The molecule has 0 saturated carbocycles. The van der Waals surface area contributed by atoms with Crippen LogP contribution in [0.5, 0.6) is 0 Å². The van der Waals surface area contributed by atoms with E-state index in [-0.39, 0.29) is 11.6 Å². The molecule has 4 nitrogen and oxygen atoms in total. The minimum atomic E-state index is -0.242. The summed E-state index contributed by atoms with van der Waals surface area (Å²) < 4.78 is 5.60. The summed E-state index contributed by atoms with van der Waals surface area (Å²) in [5.41, 5.74) is -0.242. The Morgan fingerprint density at radius 3 is 2.85 bits per heavy atom. The number of carbonyl (C=O) groups excluding carboxylic acids is 1. The lowest BCUT2D eigenvalue weighted by Crippen LogP contribution is -2.53. The fourth-order valence-corrected chi connectivity index (χ4v) is 2.93. The standard InChI is InChI=1S/C15H22N2O2S/c1-15(2)12-17(9-10-19-15)14(18)16-8-11-20-13-6-4-3-5-7-13/h3-7H,8-12H2,1-2H3,(H,16,18). The lowest BCUT2D eigenvalue weighted by atomic mass is 10.1. The molecule has 0 spiro atoms. The Hall–Kier alpha value is -1.20. The van der Waals surface area contributed by atoms with Crippen LogP contribution in [0.2, 0.25) is 0 Å². The summed E-state index contributed by atoms with van der Waals surface area (Å²) >= 11 is 1.75. The zero-order chi connectivity index (χ0) is 14.4. The van der Waals surface area contributed by atoms with E-state index in [1.165, 1.54) is 4.90 Å². The van der Waals surface area contributed by atoms with Crippen LogP contribution in [0.15, 0.2) is 35.2 Å². The van der Waals surface area contributed by atoms with E-state index < -0.39 is 0 Å². The first-order valence-corrected chi connectivity index (χ1v) is 7.90. The molecule has 0 aromatic heterocycles. The van der Waals surface area contributed by atoms with Crippen molar-refractivity contribution in [1.29, 1.82) is 0 Å². The van der Waals surface area contributed by atoms with Gasteiger partial charge in [-0.15, -0.1) is 11.8 Å². The molecule has 110 valence electrons. The highest BCUT2D eigenvalue weighted by Gasteiger charge is 2.29. The van der Waals surface area contributed by atoms with Gasteiger partial charge in [0, 0.05) is 23.7 Å². The molecule has 0 unspecified atom stereocenters. The lowest BCUT2D eigenvalue weighted by Gasteiger charge is -2.38. The molecule has 0 atom stereocenters. The van der Waals surface area contributed by atoms with Crippen LogP contribution in [0.3, 0.4) is 0 Å². The van der Waals surface area contributed by atoms with Crippen molar-refractivity contribution in [3.05, 3.63) is 30.3 Å². The Morgan fingerprint density at radius 2 is 2.15 bits per heavy atom. The van der Waals surface area contributed by atoms with E-state index in [0.29, 0.717) is 26.2 Å². The summed E-state index contributed by atoms with van der Waals surface area (Å²) in [5, 5.41) is 2.97. The topological polar surface area (TPSA) is 41.6 Å². The van der Waals surface area contributed by atoms with Gasteiger partial charge in [-0.1, -0.05) is 18.2 Å². The first-order chi connectivity index (χ1) is 9.57. The second kappa shape index (κ2) is 6.99.